The first kappa shape index (κ1) is 21.3. The predicted molar refractivity (Wildman–Crippen MR) is 110 cm³/mol. The molecule has 0 fully saturated rings. The summed E-state index contributed by atoms with van der Waals surface area (Å²) in [7, 11) is -1.65. The minimum atomic E-state index is -1.65. The topological polar surface area (TPSA) is 0 Å². The van der Waals surface area contributed by atoms with E-state index >= 15 is 0 Å². The summed E-state index contributed by atoms with van der Waals surface area (Å²) >= 11 is 5.81. The molecule has 0 unspecified atom stereocenters. The Bertz CT molecular complexity index is 183. The third-order valence-electron chi connectivity index (χ3n) is 3.65. The molecule has 0 aromatic heterocycles. The fraction of sp³-hybridized carbons (Fsp3) is 1.00. The van der Waals surface area contributed by atoms with Crippen LogP contribution >= 0.6 is 37.3 Å². The predicted octanol–water partition coefficient (Wildman–Crippen LogP) is 7.73. The van der Waals surface area contributed by atoms with Crippen LogP contribution in [-0.4, -0.2) is 10.4 Å². The Morgan fingerprint density at radius 2 is 1.00 bits per heavy atom. The van der Waals surface area contributed by atoms with Crippen molar-refractivity contribution in [3.05, 3.63) is 0 Å². The van der Waals surface area contributed by atoms with Gasteiger partial charge in [0.2, 0.25) is 0 Å². The number of unbranched alkanes of at least 4 members (excludes halogenated alkanes) is 4. The molecule has 0 bridgehead atoms. The van der Waals surface area contributed by atoms with Crippen molar-refractivity contribution in [2.24, 2.45) is 11.8 Å². The van der Waals surface area contributed by atoms with E-state index in [4.69, 9.17) is 0 Å². The van der Waals surface area contributed by atoms with Gasteiger partial charge in [0.15, 0.2) is 0 Å². The normalized spacial score (nSPS) is 12.6. The van der Waals surface area contributed by atoms with Crippen LogP contribution in [-0.2, 0) is 0 Å². The average Bonchev–Trinajstić information content (AvgIpc) is 2.27. The Kier molecular flexibility index (Phi) is 14.3. The van der Waals surface area contributed by atoms with Gasteiger partial charge in [-0.2, -0.15) is 0 Å². The van der Waals surface area contributed by atoms with Crippen LogP contribution in [0.1, 0.15) is 79.1 Å². The standard InChI is InChI=1S/2C8H17.2HI.Sn/c2*1-4-5-6-7-8(2)3;;;/h2*8H,1,4-7H2,2-3H3;2*1H;/q;;;;+2/p-2. The van der Waals surface area contributed by atoms with Gasteiger partial charge in [-0.3, -0.25) is 0 Å². The van der Waals surface area contributed by atoms with Gasteiger partial charge in [-0.15, -0.1) is 0 Å². The summed E-state index contributed by atoms with van der Waals surface area (Å²) in [5.41, 5.74) is 0. The molecule has 0 saturated heterocycles. The Morgan fingerprint density at radius 3 is 1.32 bits per heavy atom. The number of hydrogen-bond acceptors (Lipinski definition) is 0. The minimum absolute atomic E-state index is 0.897. The third-order valence-corrected chi connectivity index (χ3v) is 24.3. The van der Waals surface area contributed by atoms with Crippen LogP contribution < -0.4 is 0 Å². The molecule has 0 saturated carbocycles. The maximum absolute atomic E-state index is 2.90. The molecular weight excluding hydrogens is 565 g/mol. The van der Waals surface area contributed by atoms with E-state index in [1.165, 1.54) is 51.4 Å². The van der Waals surface area contributed by atoms with Gasteiger partial charge in [0.25, 0.3) is 0 Å². The summed E-state index contributed by atoms with van der Waals surface area (Å²) in [6.07, 6.45) is 11.8. The molecule has 19 heavy (non-hydrogen) atoms. The number of halogens is 2. The number of rotatable bonds is 12. The van der Waals surface area contributed by atoms with E-state index < -0.39 is 10.4 Å². The fourth-order valence-corrected chi connectivity index (χ4v) is 17.7. The molecule has 0 atom stereocenters. The fourth-order valence-electron chi connectivity index (χ4n) is 2.35. The van der Waals surface area contributed by atoms with Crippen molar-refractivity contribution in [1.82, 2.24) is 0 Å². The van der Waals surface area contributed by atoms with Crippen LogP contribution in [0.25, 0.3) is 0 Å². The van der Waals surface area contributed by atoms with E-state index in [1.54, 1.807) is 8.87 Å². The molecule has 0 aliphatic rings. The van der Waals surface area contributed by atoms with Crippen LogP contribution in [0.15, 0.2) is 0 Å². The Hall–Kier alpha value is 2.26. The monoisotopic (exact) mass is 600 g/mol. The second-order valence-electron chi connectivity index (χ2n) is 6.84. The van der Waals surface area contributed by atoms with Crippen LogP contribution in [0.5, 0.6) is 0 Å². The molecule has 0 aliphatic carbocycles. The van der Waals surface area contributed by atoms with Gasteiger partial charge < -0.3 is 0 Å². The zero-order chi connectivity index (χ0) is 14.7. The van der Waals surface area contributed by atoms with Crippen LogP contribution in [0.4, 0.5) is 0 Å². The SMILES string of the molecule is CC(C)CCCC[CH2][Sn]([I])([I])[CH2]CCCCC(C)C. The third kappa shape index (κ3) is 16.5. The summed E-state index contributed by atoms with van der Waals surface area (Å²) in [5.74, 6) is 1.79. The van der Waals surface area contributed by atoms with Crippen LogP contribution in [0, 0.1) is 11.8 Å². The van der Waals surface area contributed by atoms with E-state index in [2.05, 4.69) is 65.0 Å². The van der Waals surface area contributed by atoms with Gasteiger partial charge in [0.05, 0.1) is 0 Å². The van der Waals surface area contributed by atoms with Gasteiger partial charge in [-0.25, -0.2) is 0 Å². The van der Waals surface area contributed by atoms with E-state index in [0.717, 1.165) is 11.8 Å². The molecular formula is C16H34I2Sn. The van der Waals surface area contributed by atoms with Gasteiger partial charge in [0, 0.05) is 0 Å². The van der Waals surface area contributed by atoms with Crippen LogP contribution in [0.2, 0.25) is 8.87 Å². The summed E-state index contributed by atoms with van der Waals surface area (Å²) in [6, 6.07) is 0. The zero-order valence-corrected chi connectivity index (χ0v) is 20.7. The van der Waals surface area contributed by atoms with Crippen molar-refractivity contribution in [3.63, 3.8) is 0 Å². The van der Waals surface area contributed by atoms with Gasteiger partial charge >= 0.3 is 147 Å². The summed E-state index contributed by atoms with van der Waals surface area (Å²) in [4.78, 5) is 0. The Morgan fingerprint density at radius 1 is 0.632 bits per heavy atom. The first-order valence-corrected chi connectivity index (χ1v) is 28.9. The van der Waals surface area contributed by atoms with E-state index in [1.807, 2.05) is 0 Å². The van der Waals surface area contributed by atoms with Gasteiger partial charge in [-0.05, 0) is 0 Å². The van der Waals surface area contributed by atoms with Crippen molar-refractivity contribution in [3.8, 4) is 0 Å². The molecule has 0 rings (SSSR count). The second-order valence-corrected chi connectivity index (χ2v) is 56.1. The van der Waals surface area contributed by atoms with Crippen molar-refractivity contribution in [2.75, 3.05) is 0 Å². The molecule has 3 heteroatoms. The molecule has 0 aromatic rings. The van der Waals surface area contributed by atoms with Gasteiger partial charge in [-0.1, -0.05) is 0 Å². The summed E-state index contributed by atoms with van der Waals surface area (Å²) < 4.78 is 3.22. The van der Waals surface area contributed by atoms with E-state index in [9.17, 15) is 0 Å². The van der Waals surface area contributed by atoms with Gasteiger partial charge in [0.1, 0.15) is 0 Å². The molecule has 0 N–H and O–H groups in total. The summed E-state index contributed by atoms with van der Waals surface area (Å²) in [6.45, 7) is 9.38. The quantitative estimate of drug-likeness (QED) is 0.123. The van der Waals surface area contributed by atoms with Crippen molar-refractivity contribution in [1.29, 1.82) is 0 Å². The van der Waals surface area contributed by atoms with Crippen LogP contribution in [0.3, 0.4) is 0 Å². The molecule has 0 radical (unpaired) electrons. The molecule has 0 aromatic carbocycles. The Labute approximate surface area is 145 Å². The van der Waals surface area contributed by atoms with E-state index in [0.29, 0.717) is 0 Å². The van der Waals surface area contributed by atoms with Crippen molar-refractivity contribution in [2.45, 2.75) is 87.9 Å². The molecule has 0 amide bonds. The first-order chi connectivity index (χ1) is 8.83. The molecule has 0 nitrogen and oxygen atoms in total. The molecule has 0 heterocycles. The number of hydrogen-bond donors (Lipinski definition) is 0. The molecule has 116 valence electrons. The van der Waals surface area contributed by atoms with E-state index in [-0.39, 0.29) is 0 Å². The summed E-state index contributed by atoms with van der Waals surface area (Å²) in [5, 5.41) is 0. The van der Waals surface area contributed by atoms with Crippen molar-refractivity contribution < 1.29 is 0 Å². The molecule has 0 spiro atoms. The van der Waals surface area contributed by atoms with Crippen molar-refractivity contribution >= 4 is 47.7 Å². The average molecular weight is 599 g/mol. The zero-order valence-electron chi connectivity index (χ0n) is 13.5. The molecule has 0 aliphatic heterocycles. The first-order valence-electron chi connectivity index (χ1n) is 8.21. The second kappa shape index (κ2) is 12.8. The Balaban J connectivity index is 3.46. The maximum atomic E-state index is 2.90.